The Hall–Kier alpha value is -3.60. The molecule has 1 aliphatic rings. The first-order valence-electron chi connectivity index (χ1n) is 10.1. The van der Waals surface area contributed by atoms with Crippen LogP contribution in [0.25, 0.3) is 17.0 Å². The van der Waals surface area contributed by atoms with E-state index < -0.39 is 23.6 Å². The minimum absolute atomic E-state index is 0.0412. The van der Waals surface area contributed by atoms with E-state index in [4.69, 9.17) is 5.11 Å². The van der Waals surface area contributed by atoms with Crippen LogP contribution in [-0.2, 0) is 22.3 Å². The number of aryl methyl sites for hydroxylation is 1. The summed E-state index contributed by atoms with van der Waals surface area (Å²) in [5.74, 6) is -1.50. The number of alkyl halides is 3. The molecule has 1 aliphatic heterocycles. The summed E-state index contributed by atoms with van der Waals surface area (Å²) >= 11 is 1.08. The second-order valence-corrected chi connectivity index (χ2v) is 8.85. The van der Waals surface area contributed by atoms with Gasteiger partial charge in [-0.15, -0.1) is 0 Å². The number of nitrogens with zero attached hydrogens (tertiary/aromatic N) is 4. The molecule has 11 heteroatoms. The van der Waals surface area contributed by atoms with Crippen LogP contribution in [0.5, 0.6) is 0 Å². The van der Waals surface area contributed by atoms with Gasteiger partial charge in [-0.3, -0.25) is 14.3 Å². The first kappa shape index (κ1) is 23.6. The number of benzene rings is 2. The van der Waals surface area contributed by atoms with E-state index in [9.17, 15) is 22.8 Å². The number of hydrogen-bond donors (Lipinski definition) is 1. The zero-order valence-corrected chi connectivity index (χ0v) is 18.9. The van der Waals surface area contributed by atoms with Crippen LogP contribution in [0.15, 0.2) is 52.5 Å². The van der Waals surface area contributed by atoms with Crippen LogP contribution in [0.4, 0.5) is 13.2 Å². The summed E-state index contributed by atoms with van der Waals surface area (Å²) in [5, 5.41) is 14.2. The number of amidine groups is 1. The first-order chi connectivity index (χ1) is 16.0. The van der Waals surface area contributed by atoms with Crippen molar-refractivity contribution in [3.63, 3.8) is 0 Å². The molecule has 0 unspecified atom stereocenters. The Morgan fingerprint density at radius 3 is 2.71 bits per heavy atom. The number of hydrogen-bond acceptors (Lipinski definition) is 5. The maximum absolute atomic E-state index is 13.5. The monoisotopic (exact) mass is 488 g/mol. The molecular formula is C23H19F3N4O3S. The molecule has 0 spiro atoms. The average Bonchev–Trinajstić information content (AvgIpc) is 3.31. The van der Waals surface area contributed by atoms with Crippen LogP contribution in [0, 0.1) is 6.92 Å². The smallest absolute Gasteiger partial charge is 0.416 e. The average molecular weight is 488 g/mol. The number of halogens is 3. The number of aliphatic carboxylic acids is 1. The van der Waals surface area contributed by atoms with Crippen LogP contribution in [-0.4, -0.2) is 50.4 Å². The van der Waals surface area contributed by atoms with E-state index in [0.29, 0.717) is 32.1 Å². The number of carboxylic acids is 1. The fourth-order valence-electron chi connectivity index (χ4n) is 3.56. The van der Waals surface area contributed by atoms with E-state index in [0.717, 1.165) is 17.8 Å². The molecule has 1 aromatic heterocycles. The van der Waals surface area contributed by atoms with Gasteiger partial charge in [-0.2, -0.15) is 23.3 Å². The molecule has 1 amide bonds. The highest BCUT2D eigenvalue weighted by atomic mass is 32.2. The molecule has 0 atom stereocenters. The molecule has 2 heterocycles. The van der Waals surface area contributed by atoms with Crippen LogP contribution in [0.1, 0.15) is 22.3 Å². The number of rotatable bonds is 5. The topological polar surface area (TPSA) is 87.8 Å². The van der Waals surface area contributed by atoms with Crippen molar-refractivity contribution in [1.82, 2.24) is 14.7 Å². The van der Waals surface area contributed by atoms with Crippen molar-refractivity contribution in [2.75, 3.05) is 13.6 Å². The van der Waals surface area contributed by atoms with Crippen molar-refractivity contribution < 1.29 is 27.9 Å². The number of amides is 1. The molecule has 176 valence electrons. The molecule has 0 bridgehead atoms. The lowest BCUT2D eigenvalue weighted by Gasteiger charge is -2.14. The molecule has 3 aromatic rings. The zero-order valence-electron chi connectivity index (χ0n) is 18.1. The van der Waals surface area contributed by atoms with Gasteiger partial charge in [-0.05, 0) is 54.1 Å². The summed E-state index contributed by atoms with van der Waals surface area (Å²) in [4.78, 5) is 28.7. The fraction of sp³-hybridized carbons (Fsp3) is 0.217. The molecular weight excluding hydrogens is 469 g/mol. The van der Waals surface area contributed by atoms with Gasteiger partial charge in [0, 0.05) is 12.4 Å². The van der Waals surface area contributed by atoms with E-state index in [1.807, 2.05) is 0 Å². The molecule has 2 aromatic carbocycles. The second-order valence-electron chi connectivity index (χ2n) is 7.84. The predicted octanol–water partition coefficient (Wildman–Crippen LogP) is 4.40. The molecule has 1 N–H and O–H groups in total. The van der Waals surface area contributed by atoms with Crippen molar-refractivity contribution in [3.05, 3.63) is 69.8 Å². The third kappa shape index (κ3) is 4.98. The Morgan fingerprint density at radius 1 is 1.24 bits per heavy atom. The summed E-state index contributed by atoms with van der Waals surface area (Å²) in [6.07, 6.45) is -1.27. The Bertz CT molecular complexity index is 1360. The van der Waals surface area contributed by atoms with E-state index >= 15 is 0 Å². The van der Waals surface area contributed by atoms with Gasteiger partial charge >= 0.3 is 12.1 Å². The fourth-order valence-corrected chi connectivity index (χ4v) is 4.43. The number of carboxylic acid groups (broad SMARTS) is 1. The van der Waals surface area contributed by atoms with Gasteiger partial charge in [0.25, 0.3) is 5.91 Å². The number of carbonyl (C=O) groups is 2. The predicted molar refractivity (Wildman–Crippen MR) is 123 cm³/mol. The molecule has 0 saturated heterocycles. The van der Waals surface area contributed by atoms with Gasteiger partial charge in [0.1, 0.15) is 6.54 Å². The quantitative estimate of drug-likeness (QED) is 0.536. The molecule has 0 saturated carbocycles. The molecule has 34 heavy (non-hydrogen) atoms. The lowest BCUT2D eigenvalue weighted by Crippen LogP contribution is -2.29. The van der Waals surface area contributed by atoms with Crippen molar-refractivity contribution in [1.29, 1.82) is 0 Å². The van der Waals surface area contributed by atoms with Gasteiger partial charge in [0.2, 0.25) is 0 Å². The van der Waals surface area contributed by atoms with Gasteiger partial charge in [0.15, 0.2) is 5.17 Å². The number of likely N-dealkylation sites (N-methyl/N-ethyl adjacent to an activating group) is 1. The SMILES string of the molecule is Cc1ccc(Cn2ncc3cc(/C=C4\SC(N(C)CC(=O)O)=NC4=O)ccc32)c(C(F)(F)F)c1. The summed E-state index contributed by atoms with van der Waals surface area (Å²) in [6, 6.07) is 9.48. The van der Waals surface area contributed by atoms with Crippen LogP contribution >= 0.6 is 11.8 Å². The molecule has 0 fully saturated rings. The number of fused-ring (bicyclic) bond motifs is 1. The van der Waals surface area contributed by atoms with Gasteiger partial charge in [0.05, 0.1) is 28.7 Å². The molecule has 0 aliphatic carbocycles. The lowest BCUT2D eigenvalue weighted by atomic mass is 10.0. The third-order valence-corrected chi connectivity index (χ3v) is 6.26. The van der Waals surface area contributed by atoms with Crippen molar-refractivity contribution in [3.8, 4) is 0 Å². The number of aromatic nitrogens is 2. The maximum atomic E-state index is 13.5. The van der Waals surface area contributed by atoms with E-state index in [-0.39, 0.29) is 18.7 Å². The Morgan fingerprint density at radius 2 is 2.00 bits per heavy atom. The standard InChI is InChI=1S/C23H19F3N4O3S/c1-13-3-5-15(17(7-13)23(24,25)26)11-30-18-6-4-14(8-16(18)10-27-30)9-19-21(33)28-22(34-19)29(2)12-20(31)32/h3-10H,11-12H2,1-2H3,(H,31,32)/b19-9-. The van der Waals surface area contributed by atoms with Crippen molar-refractivity contribution in [2.24, 2.45) is 4.99 Å². The van der Waals surface area contributed by atoms with Gasteiger partial charge in [-0.1, -0.05) is 23.8 Å². The summed E-state index contributed by atoms with van der Waals surface area (Å²) < 4.78 is 41.9. The number of aliphatic imine (C=N–C) groups is 1. The van der Waals surface area contributed by atoms with Gasteiger partial charge < -0.3 is 10.0 Å². The number of carbonyl (C=O) groups excluding carboxylic acids is 1. The Labute approximate surface area is 196 Å². The maximum Gasteiger partial charge on any atom is 0.416 e. The molecule has 4 rings (SSSR count). The summed E-state index contributed by atoms with van der Waals surface area (Å²) in [5.41, 5.74) is 1.31. The molecule has 0 radical (unpaired) electrons. The highest BCUT2D eigenvalue weighted by molar-refractivity contribution is 8.18. The van der Waals surface area contributed by atoms with Crippen LogP contribution in [0.3, 0.4) is 0 Å². The molecule has 7 nitrogen and oxygen atoms in total. The largest absolute Gasteiger partial charge is 0.480 e. The van der Waals surface area contributed by atoms with Crippen molar-refractivity contribution in [2.45, 2.75) is 19.6 Å². The highest BCUT2D eigenvalue weighted by Gasteiger charge is 2.33. The van der Waals surface area contributed by atoms with E-state index in [2.05, 4.69) is 10.1 Å². The van der Waals surface area contributed by atoms with E-state index in [1.165, 1.54) is 22.7 Å². The first-order valence-corrected chi connectivity index (χ1v) is 10.9. The van der Waals surface area contributed by atoms with Gasteiger partial charge in [-0.25, -0.2) is 0 Å². The van der Waals surface area contributed by atoms with Crippen LogP contribution < -0.4 is 0 Å². The Balaban J connectivity index is 1.57. The third-order valence-electron chi connectivity index (χ3n) is 5.16. The zero-order chi connectivity index (χ0) is 24.6. The van der Waals surface area contributed by atoms with Crippen molar-refractivity contribution >= 4 is 45.8 Å². The lowest BCUT2D eigenvalue weighted by molar-refractivity contribution is -0.138. The number of thioether (sulfide) groups is 1. The second kappa shape index (κ2) is 8.98. The normalized spacial score (nSPS) is 15.3. The highest BCUT2D eigenvalue weighted by Crippen LogP contribution is 2.34. The Kier molecular flexibility index (Phi) is 6.22. The summed E-state index contributed by atoms with van der Waals surface area (Å²) in [6.45, 7) is 1.29. The van der Waals surface area contributed by atoms with Crippen LogP contribution in [0.2, 0.25) is 0 Å². The van der Waals surface area contributed by atoms with E-state index in [1.54, 1.807) is 43.5 Å². The summed E-state index contributed by atoms with van der Waals surface area (Å²) in [7, 11) is 1.54. The minimum atomic E-state index is -4.46. The minimum Gasteiger partial charge on any atom is -0.480 e.